The van der Waals surface area contributed by atoms with Crippen molar-refractivity contribution >= 4 is 10.9 Å². The number of hydrogen-bond acceptors (Lipinski definition) is 2. The monoisotopic (exact) mass is 260 g/mol. The normalized spacial score (nSPS) is 13.0. The van der Waals surface area contributed by atoms with Gasteiger partial charge in [-0.3, -0.25) is 0 Å². The van der Waals surface area contributed by atoms with Gasteiger partial charge in [-0.25, -0.2) is 0 Å². The van der Waals surface area contributed by atoms with Crippen LogP contribution in [-0.4, -0.2) is 24.3 Å². The Morgan fingerprint density at radius 2 is 2.11 bits per heavy atom. The molecule has 1 aromatic heterocycles. The molecule has 1 unspecified atom stereocenters. The Hall–Kier alpha value is -1.32. The topological polar surface area (TPSA) is 40.2 Å². The maximum absolute atomic E-state index is 5.95. The number of rotatable bonds is 7. The summed E-state index contributed by atoms with van der Waals surface area (Å²) in [5.74, 6) is 0. The lowest BCUT2D eigenvalue weighted by Gasteiger charge is -2.11. The van der Waals surface area contributed by atoms with Crippen LogP contribution in [0.2, 0.25) is 0 Å². The molecule has 0 spiro atoms. The fourth-order valence-electron chi connectivity index (χ4n) is 2.57. The Labute approximate surface area is 115 Å². The van der Waals surface area contributed by atoms with E-state index in [4.69, 9.17) is 10.5 Å². The number of para-hydroxylation sites is 1. The molecule has 0 aliphatic rings. The van der Waals surface area contributed by atoms with Crippen LogP contribution in [0.25, 0.3) is 10.9 Å². The molecule has 0 aliphatic heterocycles. The Morgan fingerprint density at radius 1 is 1.26 bits per heavy atom. The van der Waals surface area contributed by atoms with Crippen LogP contribution in [0.5, 0.6) is 0 Å². The minimum Gasteiger partial charge on any atom is -0.385 e. The van der Waals surface area contributed by atoms with Gasteiger partial charge < -0.3 is 15.0 Å². The molecule has 0 amide bonds. The summed E-state index contributed by atoms with van der Waals surface area (Å²) in [6.45, 7) is 3.94. The summed E-state index contributed by atoms with van der Waals surface area (Å²) >= 11 is 0. The molecular formula is C16H24N2O. The third-order valence-electron chi connectivity index (χ3n) is 3.41. The highest BCUT2D eigenvalue weighted by molar-refractivity contribution is 5.83. The smallest absolute Gasteiger partial charge is 0.0513 e. The third kappa shape index (κ3) is 3.58. The predicted octanol–water partition coefficient (Wildman–Crippen LogP) is 2.96. The number of methoxy groups -OCH3 is 1. The zero-order valence-corrected chi connectivity index (χ0v) is 11.9. The summed E-state index contributed by atoms with van der Waals surface area (Å²) in [5.41, 5.74) is 8.64. The number of ether oxygens (including phenoxy) is 1. The first-order chi connectivity index (χ1) is 9.22. The zero-order valence-electron chi connectivity index (χ0n) is 11.9. The standard InChI is InChI=1S/C16H24N2O/c1-13(17)12-15-7-5-6-14-8-10-18(16(14)15)9-3-4-11-19-2/h5-8,10,13H,3-4,9,11-12,17H2,1-2H3. The molecule has 104 valence electrons. The van der Waals surface area contributed by atoms with Gasteiger partial charge in [-0.05, 0) is 43.2 Å². The van der Waals surface area contributed by atoms with Crippen LogP contribution in [0.4, 0.5) is 0 Å². The van der Waals surface area contributed by atoms with Gasteiger partial charge in [-0.2, -0.15) is 0 Å². The number of aryl methyl sites for hydroxylation is 1. The summed E-state index contributed by atoms with van der Waals surface area (Å²) in [6, 6.07) is 8.87. The Bertz CT molecular complexity index is 516. The minimum absolute atomic E-state index is 0.197. The maximum Gasteiger partial charge on any atom is 0.0513 e. The van der Waals surface area contributed by atoms with Gasteiger partial charge in [0.2, 0.25) is 0 Å². The molecule has 0 saturated heterocycles. The van der Waals surface area contributed by atoms with Gasteiger partial charge in [0.1, 0.15) is 0 Å². The number of unbranched alkanes of at least 4 members (excludes halogenated alkanes) is 1. The van der Waals surface area contributed by atoms with E-state index in [1.165, 1.54) is 16.5 Å². The second kappa shape index (κ2) is 6.73. The van der Waals surface area contributed by atoms with Crippen molar-refractivity contribution in [3.8, 4) is 0 Å². The van der Waals surface area contributed by atoms with Crippen molar-refractivity contribution in [3.05, 3.63) is 36.0 Å². The Balaban J connectivity index is 2.19. The second-order valence-corrected chi connectivity index (χ2v) is 5.25. The number of nitrogens with zero attached hydrogens (tertiary/aromatic N) is 1. The van der Waals surface area contributed by atoms with E-state index < -0.39 is 0 Å². The van der Waals surface area contributed by atoms with Gasteiger partial charge in [0.15, 0.2) is 0 Å². The predicted molar refractivity (Wildman–Crippen MR) is 80.4 cm³/mol. The van der Waals surface area contributed by atoms with E-state index in [1.54, 1.807) is 7.11 Å². The van der Waals surface area contributed by atoms with E-state index in [0.29, 0.717) is 0 Å². The van der Waals surface area contributed by atoms with Crippen LogP contribution in [0.1, 0.15) is 25.3 Å². The average Bonchev–Trinajstić information content (AvgIpc) is 2.78. The summed E-state index contributed by atoms with van der Waals surface area (Å²) in [6.07, 6.45) is 5.36. The molecule has 1 atom stereocenters. The van der Waals surface area contributed by atoms with Crippen molar-refractivity contribution in [1.82, 2.24) is 4.57 Å². The van der Waals surface area contributed by atoms with E-state index in [-0.39, 0.29) is 6.04 Å². The molecule has 19 heavy (non-hydrogen) atoms. The van der Waals surface area contributed by atoms with Gasteiger partial charge in [0, 0.05) is 32.5 Å². The lowest BCUT2D eigenvalue weighted by Crippen LogP contribution is -2.18. The number of hydrogen-bond donors (Lipinski definition) is 1. The highest BCUT2D eigenvalue weighted by atomic mass is 16.5. The first kappa shape index (κ1) is 14.1. The highest BCUT2D eigenvalue weighted by Gasteiger charge is 2.08. The van der Waals surface area contributed by atoms with Crippen molar-refractivity contribution in [2.24, 2.45) is 5.73 Å². The van der Waals surface area contributed by atoms with Gasteiger partial charge in [0.25, 0.3) is 0 Å². The van der Waals surface area contributed by atoms with E-state index in [2.05, 4.69) is 42.0 Å². The molecule has 0 saturated carbocycles. The zero-order chi connectivity index (χ0) is 13.7. The quantitative estimate of drug-likeness (QED) is 0.777. The van der Waals surface area contributed by atoms with Crippen LogP contribution in [0.3, 0.4) is 0 Å². The summed E-state index contributed by atoms with van der Waals surface area (Å²) in [4.78, 5) is 0. The average molecular weight is 260 g/mol. The van der Waals surface area contributed by atoms with Gasteiger partial charge in [0.05, 0.1) is 5.52 Å². The molecule has 0 aliphatic carbocycles. The molecule has 0 fully saturated rings. The molecular weight excluding hydrogens is 236 g/mol. The van der Waals surface area contributed by atoms with E-state index in [0.717, 1.165) is 32.4 Å². The molecule has 2 N–H and O–H groups in total. The van der Waals surface area contributed by atoms with Gasteiger partial charge in [-0.15, -0.1) is 0 Å². The van der Waals surface area contributed by atoms with Crippen LogP contribution < -0.4 is 5.73 Å². The first-order valence-corrected chi connectivity index (χ1v) is 7.03. The van der Waals surface area contributed by atoms with Crippen LogP contribution in [-0.2, 0) is 17.7 Å². The molecule has 0 bridgehead atoms. The van der Waals surface area contributed by atoms with Crippen molar-refractivity contribution in [1.29, 1.82) is 0 Å². The molecule has 3 heteroatoms. The fraction of sp³-hybridized carbons (Fsp3) is 0.500. The Kier molecular flexibility index (Phi) is 5.00. The van der Waals surface area contributed by atoms with E-state index in [1.807, 2.05) is 0 Å². The van der Waals surface area contributed by atoms with Crippen molar-refractivity contribution in [2.45, 2.75) is 38.8 Å². The molecule has 2 aromatic rings. The van der Waals surface area contributed by atoms with E-state index >= 15 is 0 Å². The molecule has 2 rings (SSSR count). The number of aromatic nitrogens is 1. The van der Waals surface area contributed by atoms with Gasteiger partial charge in [-0.1, -0.05) is 18.2 Å². The second-order valence-electron chi connectivity index (χ2n) is 5.25. The lowest BCUT2D eigenvalue weighted by atomic mass is 10.0. The Morgan fingerprint density at radius 3 is 2.84 bits per heavy atom. The van der Waals surface area contributed by atoms with Crippen molar-refractivity contribution in [3.63, 3.8) is 0 Å². The number of benzene rings is 1. The van der Waals surface area contributed by atoms with Crippen molar-refractivity contribution < 1.29 is 4.74 Å². The first-order valence-electron chi connectivity index (χ1n) is 7.03. The maximum atomic E-state index is 5.95. The number of fused-ring (bicyclic) bond motifs is 1. The van der Waals surface area contributed by atoms with Crippen LogP contribution in [0.15, 0.2) is 30.5 Å². The van der Waals surface area contributed by atoms with Crippen LogP contribution in [0, 0.1) is 0 Å². The molecule has 3 nitrogen and oxygen atoms in total. The van der Waals surface area contributed by atoms with Gasteiger partial charge >= 0.3 is 0 Å². The SMILES string of the molecule is COCCCCn1ccc2cccc(CC(C)N)c21. The van der Waals surface area contributed by atoms with Crippen LogP contribution >= 0.6 is 0 Å². The highest BCUT2D eigenvalue weighted by Crippen LogP contribution is 2.22. The van der Waals surface area contributed by atoms with Crippen molar-refractivity contribution in [2.75, 3.05) is 13.7 Å². The molecule has 0 radical (unpaired) electrons. The summed E-state index contributed by atoms with van der Waals surface area (Å²) in [5, 5.41) is 1.31. The van der Waals surface area contributed by atoms with E-state index in [9.17, 15) is 0 Å². The molecule has 1 heterocycles. The minimum atomic E-state index is 0.197. The third-order valence-corrected chi connectivity index (χ3v) is 3.41. The number of nitrogens with two attached hydrogens (primary N) is 1. The fourth-order valence-corrected chi connectivity index (χ4v) is 2.57. The summed E-state index contributed by atoms with van der Waals surface area (Å²) in [7, 11) is 1.76. The lowest BCUT2D eigenvalue weighted by molar-refractivity contribution is 0.191. The largest absolute Gasteiger partial charge is 0.385 e. The molecule has 1 aromatic carbocycles. The summed E-state index contributed by atoms with van der Waals surface area (Å²) < 4.78 is 7.45.